The second kappa shape index (κ2) is 7.68. The first-order valence-corrected chi connectivity index (χ1v) is 9.41. The molecular weight excluding hydrogens is 354 g/mol. The van der Waals surface area contributed by atoms with E-state index >= 15 is 0 Å². The van der Waals surface area contributed by atoms with Crippen LogP contribution in [0.4, 0.5) is 5.69 Å². The van der Waals surface area contributed by atoms with Crippen LogP contribution in [0.15, 0.2) is 66.4 Å². The molecule has 2 aliphatic rings. The van der Waals surface area contributed by atoms with Gasteiger partial charge in [-0.3, -0.25) is 14.4 Å². The van der Waals surface area contributed by atoms with E-state index in [1.165, 1.54) is 6.08 Å². The first kappa shape index (κ1) is 18.0. The molecule has 0 radical (unpaired) electrons. The van der Waals surface area contributed by atoms with Crippen molar-refractivity contribution in [3.05, 3.63) is 77.5 Å². The summed E-state index contributed by atoms with van der Waals surface area (Å²) in [6.45, 7) is 2.04. The highest BCUT2D eigenvalue weighted by atomic mass is 16.2. The van der Waals surface area contributed by atoms with Gasteiger partial charge in [-0.25, -0.2) is 4.90 Å². The van der Waals surface area contributed by atoms with Crippen molar-refractivity contribution in [1.29, 1.82) is 0 Å². The minimum Gasteiger partial charge on any atom is -0.376 e. The van der Waals surface area contributed by atoms with Gasteiger partial charge in [0.2, 0.25) is 0 Å². The summed E-state index contributed by atoms with van der Waals surface area (Å²) in [6, 6.07) is 16.2. The van der Waals surface area contributed by atoms with E-state index in [1.54, 1.807) is 24.3 Å². The van der Waals surface area contributed by atoms with E-state index in [0.29, 0.717) is 17.8 Å². The minimum absolute atomic E-state index is 0.0646. The van der Waals surface area contributed by atoms with Crippen LogP contribution in [0.2, 0.25) is 0 Å². The van der Waals surface area contributed by atoms with E-state index in [9.17, 15) is 14.4 Å². The number of carbonyl (C=O) groups excluding carboxylic acids is 3. The molecule has 1 saturated heterocycles. The van der Waals surface area contributed by atoms with E-state index in [2.05, 4.69) is 5.32 Å². The molecule has 1 N–H and O–H groups in total. The topological polar surface area (TPSA) is 69.7 Å². The predicted octanol–water partition coefficient (Wildman–Crippen LogP) is 2.47. The van der Waals surface area contributed by atoms with Crippen molar-refractivity contribution < 1.29 is 14.4 Å². The van der Waals surface area contributed by atoms with E-state index in [-0.39, 0.29) is 23.4 Å². The molecule has 2 aromatic carbocycles. The number of nitrogens with zero attached hydrogens (tertiary/aromatic N) is 2. The van der Waals surface area contributed by atoms with Gasteiger partial charge in [0.05, 0.1) is 5.69 Å². The number of imide groups is 1. The molecule has 0 atom stereocenters. The number of carbonyl (C=O) groups is 3. The Labute approximate surface area is 163 Å². The summed E-state index contributed by atoms with van der Waals surface area (Å²) < 4.78 is 0. The third-order valence-corrected chi connectivity index (χ3v) is 5.01. The van der Waals surface area contributed by atoms with E-state index in [0.717, 1.165) is 36.4 Å². The zero-order valence-electron chi connectivity index (χ0n) is 15.4. The molecule has 2 aromatic rings. The van der Waals surface area contributed by atoms with Crippen LogP contribution in [0, 0.1) is 0 Å². The average molecular weight is 375 g/mol. The molecule has 0 aliphatic carbocycles. The Bertz CT molecular complexity index is 929. The van der Waals surface area contributed by atoms with Crippen molar-refractivity contribution in [1.82, 2.24) is 10.2 Å². The van der Waals surface area contributed by atoms with Gasteiger partial charge in [0.1, 0.15) is 5.70 Å². The van der Waals surface area contributed by atoms with Crippen LogP contribution in [0.3, 0.4) is 0 Å². The fraction of sp³-hybridized carbons (Fsp3) is 0.227. The van der Waals surface area contributed by atoms with Crippen molar-refractivity contribution in [2.75, 3.05) is 18.0 Å². The van der Waals surface area contributed by atoms with Gasteiger partial charge in [-0.2, -0.15) is 0 Å². The number of likely N-dealkylation sites (tertiary alicyclic amines) is 1. The largest absolute Gasteiger partial charge is 0.376 e. The summed E-state index contributed by atoms with van der Waals surface area (Å²) >= 11 is 0. The summed E-state index contributed by atoms with van der Waals surface area (Å²) in [5, 5.41) is 3.04. The number of nitrogens with one attached hydrogen (secondary N) is 1. The summed E-state index contributed by atoms with van der Waals surface area (Å²) in [5.41, 5.74) is 2.42. The molecule has 6 heteroatoms. The molecule has 0 saturated carbocycles. The van der Waals surface area contributed by atoms with Crippen molar-refractivity contribution in [2.24, 2.45) is 0 Å². The smallest absolute Gasteiger partial charge is 0.281 e. The van der Waals surface area contributed by atoms with Gasteiger partial charge in [0.25, 0.3) is 17.7 Å². The summed E-state index contributed by atoms with van der Waals surface area (Å²) in [7, 11) is 0. The van der Waals surface area contributed by atoms with Crippen LogP contribution < -0.4 is 10.2 Å². The lowest BCUT2D eigenvalue weighted by Crippen LogP contribution is -2.33. The molecule has 6 nitrogen and oxygen atoms in total. The number of benzene rings is 2. The van der Waals surface area contributed by atoms with Gasteiger partial charge >= 0.3 is 0 Å². The number of hydrogen-bond donors (Lipinski definition) is 1. The Kier molecular flexibility index (Phi) is 4.93. The fourth-order valence-corrected chi connectivity index (χ4v) is 3.48. The average Bonchev–Trinajstić information content (AvgIpc) is 3.35. The molecule has 142 valence electrons. The zero-order chi connectivity index (χ0) is 19.5. The monoisotopic (exact) mass is 375 g/mol. The summed E-state index contributed by atoms with van der Waals surface area (Å²) in [4.78, 5) is 40.2. The Morgan fingerprint density at radius 1 is 0.929 bits per heavy atom. The standard InChI is InChI=1S/C22H21N3O3/c26-20-14-19(22(28)25(20)18-6-2-1-3-7-18)23-15-16-8-10-17(11-9-16)21(27)24-12-4-5-13-24/h1-3,6-11,14,23H,4-5,12-13,15H2. The zero-order valence-corrected chi connectivity index (χ0v) is 15.4. The van der Waals surface area contributed by atoms with E-state index in [4.69, 9.17) is 0 Å². The van der Waals surface area contributed by atoms with Crippen LogP contribution in [0.25, 0.3) is 0 Å². The maximum atomic E-state index is 12.6. The SMILES string of the molecule is O=C(c1ccc(CNC2=CC(=O)N(c3ccccc3)C2=O)cc1)N1CCCC1. The van der Waals surface area contributed by atoms with E-state index < -0.39 is 0 Å². The Morgan fingerprint density at radius 3 is 2.29 bits per heavy atom. The highest BCUT2D eigenvalue weighted by molar-refractivity contribution is 6.30. The van der Waals surface area contributed by atoms with Crippen molar-refractivity contribution in [3.8, 4) is 0 Å². The molecule has 0 spiro atoms. The van der Waals surface area contributed by atoms with Gasteiger partial charge in [0.15, 0.2) is 0 Å². The number of anilines is 1. The maximum Gasteiger partial charge on any atom is 0.281 e. The molecule has 3 amide bonds. The molecule has 0 unspecified atom stereocenters. The highest BCUT2D eigenvalue weighted by Gasteiger charge is 2.32. The van der Waals surface area contributed by atoms with Crippen LogP contribution in [0.5, 0.6) is 0 Å². The third-order valence-electron chi connectivity index (χ3n) is 5.01. The molecule has 2 heterocycles. The second-order valence-electron chi connectivity index (χ2n) is 6.92. The molecule has 0 aromatic heterocycles. The molecule has 0 bridgehead atoms. The van der Waals surface area contributed by atoms with Gasteiger partial charge in [-0.15, -0.1) is 0 Å². The number of amides is 3. The maximum absolute atomic E-state index is 12.6. The molecule has 2 aliphatic heterocycles. The second-order valence-corrected chi connectivity index (χ2v) is 6.92. The molecule has 1 fully saturated rings. The lowest BCUT2D eigenvalue weighted by atomic mass is 10.1. The molecule has 28 heavy (non-hydrogen) atoms. The number of para-hydroxylation sites is 1. The summed E-state index contributed by atoms with van der Waals surface area (Å²) in [6.07, 6.45) is 3.45. The number of hydrogen-bond acceptors (Lipinski definition) is 4. The van der Waals surface area contributed by atoms with Crippen LogP contribution in [-0.4, -0.2) is 35.7 Å². The Hall–Kier alpha value is -3.41. The molecular formula is C22H21N3O3. The Morgan fingerprint density at radius 2 is 1.61 bits per heavy atom. The van der Waals surface area contributed by atoms with Gasteiger partial charge in [-0.1, -0.05) is 30.3 Å². The van der Waals surface area contributed by atoms with Crippen molar-refractivity contribution >= 4 is 23.4 Å². The Balaban J connectivity index is 1.38. The molecule has 4 rings (SSSR count). The van der Waals surface area contributed by atoms with Crippen molar-refractivity contribution in [3.63, 3.8) is 0 Å². The highest BCUT2D eigenvalue weighted by Crippen LogP contribution is 2.21. The van der Waals surface area contributed by atoms with Crippen LogP contribution >= 0.6 is 0 Å². The third kappa shape index (κ3) is 3.53. The first-order chi connectivity index (χ1) is 13.6. The normalized spacial score (nSPS) is 16.5. The van der Waals surface area contributed by atoms with Crippen molar-refractivity contribution in [2.45, 2.75) is 19.4 Å². The van der Waals surface area contributed by atoms with E-state index in [1.807, 2.05) is 35.2 Å². The lowest BCUT2D eigenvalue weighted by Gasteiger charge is -2.16. The fourth-order valence-electron chi connectivity index (χ4n) is 3.48. The first-order valence-electron chi connectivity index (χ1n) is 9.41. The summed E-state index contributed by atoms with van der Waals surface area (Å²) in [5.74, 6) is -0.655. The van der Waals surface area contributed by atoms with Gasteiger partial charge in [-0.05, 0) is 42.7 Å². The number of rotatable bonds is 5. The quantitative estimate of drug-likeness (QED) is 0.815. The van der Waals surface area contributed by atoms with Crippen LogP contribution in [0.1, 0.15) is 28.8 Å². The van der Waals surface area contributed by atoms with Gasteiger partial charge in [0, 0.05) is 31.3 Å². The minimum atomic E-state index is -0.364. The van der Waals surface area contributed by atoms with Gasteiger partial charge < -0.3 is 10.2 Å². The van der Waals surface area contributed by atoms with Crippen LogP contribution in [-0.2, 0) is 16.1 Å². The predicted molar refractivity (Wildman–Crippen MR) is 105 cm³/mol. The lowest BCUT2D eigenvalue weighted by molar-refractivity contribution is -0.120.